The molecule has 7 heteroatoms. The van der Waals surface area contributed by atoms with E-state index in [0.29, 0.717) is 0 Å². The molecule has 17 heavy (non-hydrogen) atoms. The van der Waals surface area contributed by atoms with Gasteiger partial charge in [0.2, 0.25) is 0 Å². The smallest absolute Gasteiger partial charge is 0.341 e. The topological polar surface area (TPSA) is 92.9 Å². The molecule has 0 fully saturated rings. The third-order valence-electron chi connectivity index (χ3n) is 1.61. The van der Waals surface area contributed by atoms with Gasteiger partial charge in [-0.2, -0.15) is 0 Å². The summed E-state index contributed by atoms with van der Waals surface area (Å²) < 4.78 is 4.37. The summed E-state index contributed by atoms with van der Waals surface area (Å²) in [4.78, 5) is 22.7. The average Bonchev–Trinajstić information content (AvgIpc) is 2.21. The van der Waals surface area contributed by atoms with Crippen LogP contribution in [0.2, 0.25) is 0 Å². The molecule has 94 valence electrons. The highest BCUT2D eigenvalue weighted by atomic mass is 16.6. The molecule has 0 bridgehead atoms. The van der Waals surface area contributed by atoms with E-state index in [0.717, 1.165) is 13.2 Å². The van der Waals surface area contributed by atoms with Crippen LogP contribution in [0.5, 0.6) is 0 Å². The normalized spacial score (nSPS) is 11.9. The Balaban J connectivity index is 5.47. The lowest BCUT2D eigenvalue weighted by molar-refractivity contribution is -0.420. The Kier molecular flexibility index (Phi) is 5.45. The predicted octanol–water partition coefficient (Wildman–Crippen LogP) is 0.837. The molecule has 0 aromatic carbocycles. The maximum atomic E-state index is 11.2. The molecule has 0 atom stereocenters. The van der Waals surface area contributed by atoms with Crippen molar-refractivity contribution in [2.75, 3.05) is 21.2 Å². The first kappa shape index (κ1) is 14.7. The van der Waals surface area contributed by atoms with Crippen molar-refractivity contribution in [1.82, 2.24) is 4.90 Å². The first-order chi connectivity index (χ1) is 7.79. The van der Waals surface area contributed by atoms with Crippen molar-refractivity contribution in [1.29, 1.82) is 0 Å². The van der Waals surface area contributed by atoms with E-state index in [-0.39, 0.29) is 11.3 Å². The lowest BCUT2D eigenvalue weighted by atomic mass is 10.2. The molecule has 7 nitrogen and oxygen atoms in total. The zero-order valence-electron chi connectivity index (χ0n) is 9.84. The van der Waals surface area contributed by atoms with Gasteiger partial charge in [-0.05, 0) is 0 Å². The third-order valence-corrected chi connectivity index (χ3v) is 1.61. The summed E-state index contributed by atoms with van der Waals surface area (Å²) in [7, 11) is 4.27. The molecule has 0 aromatic rings. The first-order valence-corrected chi connectivity index (χ1v) is 4.50. The van der Waals surface area contributed by atoms with Crippen LogP contribution in [-0.2, 0) is 9.53 Å². The van der Waals surface area contributed by atoms with E-state index in [1.165, 1.54) is 11.1 Å². The number of esters is 1. The number of nitro groups is 1. The Labute approximate surface area is 98.4 Å². The van der Waals surface area contributed by atoms with Crippen molar-refractivity contribution >= 4 is 5.97 Å². The van der Waals surface area contributed by atoms with Crippen LogP contribution in [0.3, 0.4) is 0 Å². The van der Waals surface area contributed by atoms with Crippen LogP contribution in [0.15, 0.2) is 35.9 Å². The van der Waals surface area contributed by atoms with Crippen LogP contribution >= 0.6 is 0 Å². The molecule has 0 rings (SSSR count). The molecule has 0 unspecified atom stereocenters. The first-order valence-electron chi connectivity index (χ1n) is 4.50. The molecule has 0 aliphatic carbocycles. The predicted molar refractivity (Wildman–Crippen MR) is 60.6 cm³/mol. The van der Waals surface area contributed by atoms with Gasteiger partial charge in [-0.15, -0.1) is 0 Å². The number of methoxy groups -OCH3 is 1. The van der Waals surface area contributed by atoms with Gasteiger partial charge >= 0.3 is 5.97 Å². The molecule has 0 aliphatic heterocycles. The van der Waals surface area contributed by atoms with Crippen molar-refractivity contribution < 1.29 is 19.6 Å². The zero-order valence-corrected chi connectivity index (χ0v) is 9.84. The number of aliphatic hydroxyl groups excluding tert-OH is 1. The third kappa shape index (κ3) is 4.83. The summed E-state index contributed by atoms with van der Waals surface area (Å²) >= 11 is 0. The van der Waals surface area contributed by atoms with E-state index in [2.05, 4.69) is 11.3 Å². The Hall–Kier alpha value is -2.31. The average molecular weight is 242 g/mol. The van der Waals surface area contributed by atoms with Gasteiger partial charge in [0.1, 0.15) is 11.3 Å². The second-order valence-electron chi connectivity index (χ2n) is 3.27. The molecule has 0 saturated carbocycles. The van der Waals surface area contributed by atoms with E-state index in [9.17, 15) is 14.9 Å². The van der Waals surface area contributed by atoms with Crippen molar-refractivity contribution in [3.8, 4) is 0 Å². The van der Waals surface area contributed by atoms with E-state index in [1.807, 2.05) is 0 Å². The van der Waals surface area contributed by atoms with Crippen LogP contribution in [0, 0.1) is 10.1 Å². The molecular formula is C10H14N2O5. The van der Waals surface area contributed by atoms with Gasteiger partial charge < -0.3 is 14.7 Å². The Morgan fingerprint density at radius 3 is 2.35 bits per heavy atom. The summed E-state index contributed by atoms with van der Waals surface area (Å²) in [5.74, 6) is -1.49. The highest BCUT2D eigenvalue weighted by Gasteiger charge is 2.18. The summed E-state index contributed by atoms with van der Waals surface area (Å²) in [5.41, 5.74) is -0.733. The van der Waals surface area contributed by atoms with Crippen molar-refractivity contribution in [2.24, 2.45) is 0 Å². The van der Waals surface area contributed by atoms with Crippen molar-refractivity contribution in [2.45, 2.75) is 0 Å². The fraction of sp³-hybridized carbons (Fsp3) is 0.300. The molecule has 0 heterocycles. The van der Waals surface area contributed by atoms with Crippen LogP contribution in [0.1, 0.15) is 0 Å². The van der Waals surface area contributed by atoms with Crippen LogP contribution in [-0.4, -0.2) is 42.1 Å². The van der Waals surface area contributed by atoms with Gasteiger partial charge in [-0.1, -0.05) is 6.58 Å². The number of hydrogen-bond acceptors (Lipinski definition) is 6. The number of hydrogen-bond donors (Lipinski definition) is 1. The maximum absolute atomic E-state index is 11.2. The van der Waals surface area contributed by atoms with Crippen LogP contribution < -0.4 is 0 Å². The van der Waals surface area contributed by atoms with Gasteiger partial charge in [0.15, 0.2) is 0 Å². The van der Waals surface area contributed by atoms with Gasteiger partial charge in [-0.3, -0.25) is 10.1 Å². The van der Waals surface area contributed by atoms with E-state index in [4.69, 9.17) is 5.11 Å². The molecule has 0 aliphatic rings. The maximum Gasteiger partial charge on any atom is 0.341 e. The molecule has 0 aromatic heterocycles. The van der Waals surface area contributed by atoms with Crippen LogP contribution in [0.25, 0.3) is 0 Å². The largest absolute Gasteiger partial charge is 0.508 e. The number of carbonyl (C=O) groups is 1. The highest BCUT2D eigenvalue weighted by Crippen LogP contribution is 2.11. The molecular weight excluding hydrogens is 228 g/mol. The number of nitrogens with zero attached hydrogens (tertiary/aromatic N) is 2. The Morgan fingerprint density at radius 1 is 1.53 bits per heavy atom. The number of allylic oxidation sites excluding steroid dienone is 1. The molecule has 0 saturated heterocycles. The second-order valence-corrected chi connectivity index (χ2v) is 3.27. The van der Waals surface area contributed by atoms with E-state index in [1.54, 1.807) is 14.1 Å². The quantitative estimate of drug-likeness (QED) is 0.192. The molecule has 1 N–H and O–H groups in total. The highest BCUT2D eigenvalue weighted by molar-refractivity contribution is 5.92. The summed E-state index contributed by atoms with van der Waals surface area (Å²) in [6.45, 7) is 3.14. The minimum atomic E-state index is -0.899. The van der Waals surface area contributed by atoms with Gasteiger partial charge in [-0.25, -0.2) is 4.79 Å². The van der Waals surface area contributed by atoms with E-state index >= 15 is 0 Å². The van der Waals surface area contributed by atoms with Crippen molar-refractivity contribution in [3.05, 3.63) is 46.0 Å². The SMILES string of the molecule is C=C(O)/C(=C\C(=C\N(C)C)[N+](=O)[O-])C(=O)OC. The minimum absolute atomic E-state index is 0.364. The fourth-order valence-corrected chi connectivity index (χ4v) is 0.920. The van der Waals surface area contributed by atoms with Gasteiger partial charge in [0.05, 0.1) is 18.2 Å². The number of aliphatic hydroxyl groups is 1. The molecule has 0 amide bonds. The number of rotatable bonds is 5. The monoisotopic (exact) mass is 242 g/mol. The molecule has 0 spiro atoms. The van der Waals surface area contributed by atoms with Crippen LogP contribution in [0.4, 0.5) is 0 Å². The Morgan fingerprint density at radius 2 is 2.06 bits per heavy atom. The lowest BCUT2D eigenvalue weighted by Crippen LogP contribution is -2.11. The van der Waals surface area contributed by atoms with Gasteiger partial charge in [0, 0.05) is 20.2 Å². The fourth-order valence-electron chi connectivity index (χ4n) is 0.920. The van der Waals surface area contributed by atoms with E-state index < -0.39 is 16.7 Å². The standard InChI is InChI=1S/C10H14N2O5/c1-7(13)9(10(14)17-4)5-8(12(15)16)6-11(2)3/h5-6,13H,1H2,2-4H3/b8-6-,9-5+. The zero-order chi connectivity index (χ0) is 13.6. The summed E-state index contributed by atoms with van der Waals surface area (Å²) in [5, 5.41) is 19.9. The summed E-state index contributed by atoms with van der Waals surface area (Å²) in [6, 6.07) is 0. The van der Waals surface area contributed by atoms with Gasteiger partial charge in [0.25, 0.3) is 5.70 Å². The molecule has 0 radical (unpaired) electrons. The summed E-state index contributed by atoms with van der Waals surface area (Å²) in [6.07, 6.45) is 2.08. The second kappa shape index (κ2) is 6.31. The van der Waals surface area contributed by atoms with Crippen molar-refractivity contribution in [3.63, 3.8) is 0 Å². The lowest BCUT2D eigenvalue weighted by Gasteiger charge is -2.05. The Bertz CT molecular complexity index is 396. The number of ether oxygens (including phenoxy) is 1. The number of carbonyl (C=O) groups excluding carboxylic acids is 1. The minimum Gasteiger partial charge on any atom is -0.508 e.